The Bertz CT molecular complexity index is 502. The minimum absolute atomic E-state index is 0.887. The van der Waals surface area contributed by atoms with Gasteiger partial charge in [0, 0.05) is 11.9 Å². The molecule has 0 amide bonds. The molecule has 0 radical (unpaired) electrons. The molecule has 0 bridgehead atoms. The van der Waals surface area contributed by atoms with Crippen LogP contribution in [0.15, 0.2) is 24.4 Å². The van der Waals surface area contributed by atoms with E-state index in [-0.39, 0.29) is 0 Å². The second-order valence-electron chi connectivity index (χ2n) is 4.46. The smallest absolute Gasteiger partial charge is 0.153 e. The highest BCUT2D eigenvalue weighted by Crippen LogP contribution is 2.17. The molecule has 0 fully saturated rings. The Hall–Kier alpha value is -1.68. The van der Waals surface area contributed by atoms with Crippen LogP contribution < -0.4 is 5.32 Å². The standard InChI is InChI=1S/C14H20N4/c1-11-13(7-6-9-15-3)12(2)18(17-11)14-8-4-5-10-16-14/h4-5,8,10,15H,6-7,9H2,1-3H3. The number of hydrogen-bond acceptors (Lipinski definition) is 3. The normalized spacial score (nSPS) is 10.8. The lowest BCUT2D eigenvalue weighted by Crippen LogP contribution is -2.09. The zero-order valence-corrected chi connectivity index (χ0v) is 11.3. The molecule has 0 aliphatic heterocycles. The molecule has 0 unspecified atom stereocenters. The average Bonchev–Trinajstić information content (AvgIpc) is 2.68. The highest BCUT2D eigenvalue weighted by atomic mass is 15.3. The lowest BCUT2D eigenvalue weighted by Gasteiger charge is -2.04. The van der Waals surface area contributed by atoms with Crippen molar-refractivity contribution in [3.8, 4) is 5.82 Å². The van der Waals surface area contributed by atoms with Crippen LogP contribution in [-0.2, 0) is 6.42 Å². The minimum atomic E-state index is 0.887. The van der Waals surface area contributed by atoms with Crippen molar-refractivity contribution in [1.29, 1.82) is 0 Å². The first-order valence-corrected chi connectivity index (χ1v) is 6.35. The molecule has 2 rings (SSSR count). The summed E-state index contributed by atoms with van der Waals surface area (Å²) < 4.78 is 1.93. The molecule has 96 valence electrons. The van der Waals surface area contributed by atoms with Crippen molar-refractivity contribution in [1.82, 2.24) is 20.1 Å². The van der Waals surface area contributed by atoms with Crippen LogP contribution in [0.3, 0.4) is 0 Å². The average molecular weight is 244 g/mol. The Labute approximate surface area is 108 Å². The van der Waals surface area contributed by atoms with E-state index in [4.69, 9.17) is 0 Å². The van der Waals surface area contributed by atoms with Crippen LogP contribution in [0.4, 0.5) is 0 Å². The van der Waals surface area contributed by atoms with Gasteiger partial charge < -0.3 is 5.32 Å². The molecule has 4 nitrogen and oxygen atoms in total. The van der Waals surface area contributed by atoms with Crippen molar-refractivity contribution >= 4 is 0 Å². The third-order valence-corrected chi connectivity index (χ3v) is 3.16. The summed E-state index contributed by atoms with van der Waals surface area (Å²) in [6.07, 6.45) is 3.99. The van der Waals surface area contributed by atoms with E-state index in [0.29, 0.717) is 0 Å². The predicted molar refractivity (Wildman–Crippen MR) is 73.1 cm³/mol. The van der Waals surface area contributed by atoms with Crippen molar-refractivity contribution in [3.63, 3.8) is 0 Å². The van der Waals surface area contributed by atoms with Gasteiger partial charge in [0.05, 0.1) is 5.69 Å². The lowest BCUT2D eigenvalue weighted by molar-refractivity contribution is 0.720. The Morgan fingerprint density at radius 3 is 2.78 bits per heavy atom. The molecule has 2 aromatic heterocycles. The van der Waals surface area contributed by atoms with Crippen LogP contribution in [0.5, 0.6) is 0 Å². The summed E-state index contributed by atoms with van der Waals surface area (Å²) in [5.74, 6) is 0.887. The summed E-state index contributed by atoms with van der Waals surface area (Å²) >= 11 is 0. The summed E-state index contributed by atoms with van der Waals surface area (Å²) in [5, 5.41) is 7.77. The first-order chi connectivity index (χ1) is 8.74. The molecule has 0 aliphatic rings. The maximum Gasteiger partial charge on any atom is 0.153 e. The Balaban J connectivity index is 2.26. The SMILES string of the molecule is CNCCCc1c(C)nn(-c2ccccn2)c1C. The lowest BCUT2D eigenvalue weighted by atomic mass is 10.1. The van der Waals surface area contributed by atoms with Gasteiger partial charge in [-0.2, -0.15) is 5.10 Å². The van der Waals surface area contributed by atoms with Gasteiger partial charge in [0.2, 0.25) is 0 Å². The third kappa shape index (κ3) is 2.59. The van der Waals surface area contributed by atoms with Gasteiger partial charge in [-0.15, -0.1) is 0 Å². The maximum absolute atomic E-state index is 4.59. The molecule has 0 saturated heterocycles. The van der Waals surface area contributed by atoms with Crippen molar-refractivity contribution in [3.05, 3.63) is 41.3 Å². The van der Waals surface area contributed by atoms with Crippen LogP contribution >= 0.6 is 0 Å². The quantitative estimate of drug-likeness (QED) is 0.818. The van der Waals surface area contributed by atoms with E-state index >= 15 is 0 Å². The highest BCUT2D eigenvalue weighted by molar-refractivity contribution is 5.32. The largest absolute Gasteiger partial charge is 0.320 e. The molecular formula is C14H20N4. The number of nitrogens with zero attached hydrogens (tertiary/aromatic N) is 3. The molecule has 2 heterocycles. The third-order valence-electron chi connectivity index (χ3n) is 3.16. The Kier molecular flexibility index (Phi) is 4.10. The first-order valence-electron chi connectivity index (χ1n) is 6.35. The molecule has 0 saturated carbocycles. The van der Waals surface area contributed by atoms with E-state index in [1.54, 1.807) is 6.20 Å². The van der Waals surface area contributed by atoms with Gasteiger partial charge in [0.15, 0.2) is 5.82 Å². The Morgan fingerprint density at radius 1 is 1.28 bits per heavy atom. The van der Waals surface area contributed by atoms with Gasteiger partial charge in [-0.1, -0.05) is 6.07 Å². The van der Waals surface area contributed by atoms with Gasteiger partial charge in [0.25, 0.3) is 0 Å². The molecule has 0 aliphatic carbocycles. The summed E-state index contributed by atoms with van der Waals surface area (Å²) in [4.78, 5) is 4.35. The summed E-state index contributed by atoms with van der Waals surface area (Å²) in [7, 11) is 1.98. The fraction of sp³-hybridized carbons (Fsp3) is 0.429. The molecule has 0 atom stereocenters. The van der Waals surface area contributed by atoms with Gasteiger partial charge >= 0.3 is 0 Å². The minimum Gasteiger partial charge on any atom is -0.320 e. The molecule has 18 heavy (non-hydrogen) atoms. The topological polar surface area (TPSA) is 42.7 Å². The van der Waals surface area contributed by atoms with E-state index < -0.39 is 0 Å². The van der Waals surface area contributed by atoms with Crippen molar-refractivity contribution < 1.29 is 0 Å². The fourth-order valence-electron chi connectivity index (χ4n) is 2.18. The van der Waals surface area contributed by atoms with E-state index in [1.807, 2.05) is 29.9 Å². The Morgan fingerprint density at radius 2 is 2.11 bits per heavy atom. The number of nitrogens with one attached hydrogen (secondary N) is 1. The fourth-order valence-corrected chi connectivity index (χ4v) is 2.18. The van der Waals surface area contributed by atoms with E-state index in [2.05, 4.69) is 29.2 Å². The number of rotatable bonds is 5. The van der Waals surface area contributed by atoms with Crippen LogP contribution in [0, 0.1) is 13.8 Å². The molecule has 2 aromatic rings. The zero-order valence-electron chi connectivity index (χ0n) is 11.3. The van der Waals surface area contributed by atoms with Gasteiger partial charge in [-0.05, 0) is 58.0 Å². The maximum atomic E-state index is 4.59. The molecule has 4 heteroatoms. The van der Waals surface area contributed by atoms with E-state index in [0.717, 1.165) is 30.9 Å². The number of pyridine rings is 1. The number of aromatic nitrogens is 3. The zero-order chi connectivity index (χ0) is 13.0. The second kappa shape index (κ2) is 5.78. The van der Waals surface area contributed by atoms with Crippen LogP contribution in [0.2, 0.25) is 0 Å². The summed E-state index contributed by atoms with van der Waals surface area (Å²) in [6.45, 7) is 5.22. The predicted octanol–water partition coefficient (Wildman–Crippen LogP) is 2.04. The van der Waals surface area contributed by atoms with Crippen LogP contribution in [-0.4, -0.2) is 28.4 Å². The van der Waals surface area contributed by atoms with Crippen molar-refractivity contribution in [2.24, 2.45) is 0 Å². The van der Waals surface area contributed by atoms with E-state index in [9.17, 15) is 0 Å². The van der Waals surface area contributed by atoms with Crippen LogP contribution in [0.25, 0.3) is 5.82 Å². The monoisotopic (exact) mass is 244 g/mol. The van der Waals surface area contributed by atoms with Gasteiger partial charge in [-0.25, -0.2) is 9.67 Å². The highest BCUT2D eigenvalue weighted by Gasteiger charge is 2.12. The van der Waals surface area contributed by atoms with Crippen molar-refractivity contribution in [2.45, 2.75) is 26.7 Å². The molecule has 1 N–H and O–H groups in total. The van der Waals surface area contributed by atoms with Gasteiger partial charge in [-0.3, -0.25) is 0 Å². The van der Waals surface area contributed by atoms with Crippen molar-refractivity contribution in [2.75, 3.05) is 13.6 Å². The summed E-state index contributed by atoms with van der Waals surface area (Å²) in [6, 6.07) is 5.89. The first kappa shape index (κ1) is 12.8. The molecule has 0 aromatic carbocycles. The number of hydrogen-bond donors (Lipinski definition) is 1. The molecular weight excluding hydrogens is 224 g/mol. The summed E-state index contributed by atoms with van der Waals surface area (Å²) in [5.41, 5.74) is 3.65. The van der Waals surface area contributed by atoms with Crippen LogP contribution in [0.1, 0.15) is 23.4 Å². The molecule has 0 spiro atoms. The van der Waals surface area contributed by atoms with E-state index in [1.165, 1.54) is 11.3 Å². The van der Waals surface area contributed by atoms with Gasteiger partial charge in [0.1, 0.15) is 0 Å². The second-order valence-corrected chi connectivity index (χ2v) is 4.46. The number of aryl methyl sites for hydroxylation is 1.